The molecule has 0 aliphatic rings. The Bertz CT molecular complexity index is 939. The van der Waals surface area contributed by atoms with Crippen LogP contribution in [0.15, 0.2) is 140 Å². The van der Waals surface area contributed by atoms with Crippen LogP contribution in [0.2, 0.25) is 0 Å². The largest absolute Gasteiger partial charge is 0.163 e. The Labute approximate surface area is 167 Å². The molecule has 0 fully saturated rings. The third kappa shape index (κ3) is 3.83. The molecule has 0 aliphatic carbocycles. The average molecular weight is 387 g/mol. The van der Waals surface area contributed by atoms with E-state index in [1.54, 1.807) is 0 Å². The van der Waals surface area contributed by atoms with E-state index in [0.29, 0.717) is 0 Å². The molecule has 4 aromatic rings. The number of benzene rings is 4. The van der Waals surface area contributed by atoms with Crippen molar-refractivity contribution in [2.75, 3.05) is 6.26 Å². The Hall–Kier alpha value is -2.42. The molecule has 4 aromatic carbocycles. The van der Waals surface area contributed by atoms with Gasteiger partial charge in [-0.1, -0.05) is 66.4 Å². The van der Waals surface area contributed by atoms with Gasteiger partial charge in [0.25, 0.3) is 0 Å². The molecule has 27 heavy (non-hydrogen) atoms. The lowest BCUT2D eigenvalue weighted by Crippen LogP contribution is -2.01. The van der Waals surface area contributed by atoms with Gasteiger partial charge in [0.05, 0.1) is 0 Å². The van der Waals surface area contributed by atoms with Gasteiger partial charge >= 0.3 is 0 Å². The highest BCUT2D eigenvalue weighted by Gasteiger charge is 2.25. The fourth-order valence-corrected chi connectivity index (χ4v) is 6.94. The molecule has 4 rings (SSSR count). The summed E-state index contributed by atoms with van der Waals surface area (Å²) in [6.07, 6.45) is 2.40. The first-order valence-corrected chi connectivity index (χ1v) is 11.8. The summed E-state index contributed by atoms with van der Waals surface area (Å²) >= 11 is 1.81. The number of hydrogen-bond acceptors (Lipinski definition) is 1. The van der Waals surface area contributed by atoms with Crippen LogP contribution in [0.25, 0.3) is 0 Å². The second kappa shape index (κ2) is 8.08. The van der Waals surface area contributed by atoms with Crippen LogP contribution in [0.1, 0.15) is 0 Å². The van der Waals surface area contributed by atoms with Crippen molar-refractivity contribution in [3.8, 4) is 0 Å². The Balaban J connectivity index is 1.73. The second-order valence-electron chi connectivity index (χ2n) is 6.43. The van der Waals surface area contributed by atoms with Gasteiger partial charge in [0.2, 0.25) is 0 Å². The summed E-state index contributed by atoms with van der Waals surface area (Å²) in [5.41, 5.74) is 0. The first kappa shape index (κ1) is 18.0. The lowest BCUT2D eigenvalue weighted by molar-refractivity contribution is 1.27. The molecule has 0 saturated heterocycles. The fourth-order valence-electron chi connectivity index (χ4n) is 3.20. The standard InChI is InChI=1S/C25H22S2/c1-27(23-13-7-3-8-14-23,24-15-9-4-10-16-24)25-19-17-22(18-20-25)26-21-11-5-2-6-12-21/h2-20H,1H3. The summed E-state index contributed by atoms with van der Waals surface area (Å²) in [4.78, 5) is 6.70. The van der Waals surface area contributed by atoms with E-state index in [-0.39, 0.29) is 0 Å². The normalized spacial score (nSPS) is 11.9. The van der Waals surface area contributed by atoms with E-state index in [4.69, 9.17) is 0 Å². The van der Waals surface area contributed by atoms with Gasteiger partial charge in [-0.15, -0.1) is 0 Å². The van der Waals surface area contributed by atoms with Crippen LogP contribution in [0, 0.1) is 0 Å². The van der Waals surface area contributed by atoms with E-state index in [1.807, 2.05) is 11.8 Å². The molecule has 0 amide bonds. The predicted molar refractivity (Wildman–Crippen MR) is 118 cm³/mol. The molecular formula is C25H22S2. The summed E-state index contributed by atoms with van der Waals surface area (Å²) in [7, 11) is -1.27. The van der Waals surface area contributed by atoms with Crippen LogP contribution < -0.4 is 0 Å². The van der Waals surface area contributed by atoms with Crippen molar-refractivity contribution in [1.82, 2.24) is 0 Å². The molecule has 0 unspecified atom stereocenters. The zero-order valence-corrected chi connectivity index (χ0v) is 16.9. The quantitative estimate of drug-likeness (QED) is 0.338. The van der Waals surface area contributed by atoms with Gasteiger partial charge < -0.3 is 0 Å². The van der Waals surface area contributed by atoms with Crippen molar-refractivity contribution in [2.24, 2.45) is 0 Å². The maximum atomic E-state index is 2.40. The van der Waals surface area contributed by atoms with Crippen molar-refractivity contribution >= 4 is 21.8 Å². The monoisotopic (exact) mass is 386 g/mol. The van der Waals surface area contributed by atoms with Gasteiger partial charge in [0.1, 0.15) is 0 Å². The molecule has 0 N–H and O–H groups in total. The molecule has 2 heteroatoms. The summed E-state index contributed by atoms with van der Waals surface area (Å²) in [5.74, 6) is 0. The smallest absolute Gasteiger partial charge is 0.0123 e. The molecule has 0 atom stereocenters. The molecule has 0 aliphatic heterocycles. The Morgan fingerprint density at radius 2 is 0.815 bits per heavy atom. The highest BCUT2D eigenvalue weighted by Crippen LogP contribution is 2.65. The Morgan fingerprint density at radius 1 is 0.444 bits per heavy atom. The fraction of sp³-hybridized carbons (Fsp3) is 0.0400. The summed E-state index contributed by atoms with van der Waals surface area (Å²) in [5, 5.41) is 0. The first-order chi connectivity index (χ1) is 13.3. The van der Waals surface area contributed by atoms with Gasteiger partial charge in [-0.25, -0.2) is 0 Å². The minimum absolute atomic E-state index is 1.27. The van der Waals surface area contributed by atoms with E-state index in [1.165, 1.54) is 24.5 Å². The highest BCUT2D eigenvalue weighted by atomic mass is 32.3. The first-order valence-electron chi connectivity index (χ1n) is 8.98. The van der Waals surface area contributed by atoms with Crippen molar-refractivity contribution in [1.29, 1.82) is 0 Å². The topological polar surface area (TPSA) is 0 Å². The van der Waals surface area contributed by atoms with Gasteiger partial charge in [-0.2, -0.15) is 10.0 Å². The zero-order chi connectivity index (χ0) is 18.5. The van der Waals surface area contributed by atoms with Crippen LogP contribution in [-0.2, 0) is 0 Å². The highest BCUT2D eigenvalue weighted by molar-refractivity contribution is 8.33. The molecule has 0 saturated carbocycles. The zero-order valence-electron chi connectivity index (χ0n) is 15.3. The Kier molecular flexibility index (Phi) is 5.38. The molecule has 0 nitrogen and oxygen atoms in total. The molecule has 0 aromatic heterocycles. The predicted octanol–water partition coefficient (Wildman–Crippen LogP) is 7.75. The maximum absolute atomic E-state index is 2.40. The lowest BCUT2D eigenvalue weighted by Gasteiger charge is -2.37. The van der Waals surface area contributed by atoms with Crippen LogP contribution in [0.3, 0.4) is 0 Å². The van der Waals surface area contributed by atoms with Gasteiger partial charge in [-0.05, 0) is 81.6 Å². The minimum Gasteiger partial charge on any atom is -0.163 e. The third-order valence-electron chi connectivity index (χ3n) is 4.70. The molecule has 0 radical (unpaired) electrons. The minimum atomic E-state index is -1.27. The molecule has 0 heterocycles. The van der Waals surface area contributed by atoms with Crippen LogP contribution in [-0.4, -0.2) is 6.26 Å². The lowest BCUT2D eigenvalue weighted by atomic mass is 10.3. The molecule has 134 valence electrons. The molecule has 0 bridgehead atoms. The van der Waals surface area contributed by atoms with Crippen molar-refractivity contribution < 1.29 is 0 Å². The summed E-state index contributed by atoms with van der Waals surface area (Å²) < 4.78 is 0. The second-order valence-corrected chi connectivity index (χ2v) is 10.8. The van der Waals surface area contributed by atoms with Gasteiger partial charge in [0, 0.05) is 9.79 Å². The van der Waals surface area contributed by atoms with Crippen molar-refractivity contribution in [2.45, 2.75) is 24.5 Å². The van der Waals surface area contributed by atoms with E-state index >= 15 is 0 Å². The van der Waals surface area contributed by atoms with Crippen molar-refractivity contribution in [3.63, 3.8) is 0 Å². The van der Waals surface area contributed by atoms with E-state index in [9.17, 15) is 0 Å². The van der Waals surface area contributed by atoms with Crippen LogP contribution >= 0.6 is 21.8 Å². The van der Waals surface area contributed by atoms with Crippen LogP contribution in [0.5, 0.6) is 0 Å². The van der Waals surface area contributed by atoms with E-state index in [0.717, 1.165) is 0 Å². The van der Waals surface area contributed by atoms with E-state index < -0.39 is 10.0 Å². The van der Waals surface area contributed by atoms with Gasteiger partial charge in [-0.3, -0.25) is 0 Å². The van der Waals surface area contributed by atoms with Crippen LogP contribution in [0.4, 0.5) is 0 Å². The molecular weight excluding hydrogens is 364 g/mol. The number of hydrogen-bond donors (Lipinski definition) is 0. The molecule has 0 spiro atoms. The average Bonchev–Trinajstić information content (AvgIpc) is 2.76. The van der Waals surface area contributed by atoms with Crippen molar-refractivity contribution in [3.05, 3.63) is 115 Å². The Morgan fingerprint density at radius 3 is 1.30 bits per heavy atom. The maximum Gasteiger partial charge on any atom is 0.0123 e. The van der Waals surface area contributed by atoms with Gasteiger partial charge in [0.15, 0.2) is 0 Å². The van der Waals surface area contributed by atoms with E-state index in [2.05, 4.69) is 122 Å². The SMILES string of the molecule is CS(c1ccccc1)(c1ccccc1)c1ccc(Sc2ccccc2)cc1. The number of rotatable bonds is 5. The summed E-state index contributed by atoms with van der Waals surface area (Å²) in [6.45, 7) is 0. The summed E-state index contributed by atoms with van der Waals surface area (Å²) in [6, 6.07) is 41.4. The third-order valence-corrected chi connectivity index (χ3v) is 9.36.